The van der Waals surface area contributed by atoms with Gasteiger partial charge in [-0.2, -0.15) is 0 Å². The number of hydrogen-bond acceptors (Lipinski definition) is 2. The summed E-state index contributed by atoms with van der Waals surface area (Å²) in [4.78, 5) is 12.7. The van der Waals surface area contributed by atoms with Crippen molar-refractivity contribution < 1.29 is 9.21 Å². The Morgan fingerprint density at radius 2 is 1.91 bits per heavy atom. The molecule has 1 atom stereocenters. The highest BCUT2D eigenvalue weighted by Crippen LogP contribution is 2.32. The first-order chi connectivity index (χ1) is 10.7. The molecule has 1 aliphatic carbocycles. The van der Waals surface area contributed by atoms with Crippen LogP contribution in [-0.2, 0) is 12.8 Å². The van der Waals surface area contributed by atoms with Gasteiger partial charge in [-0.15, -0.1) is 0 Å². The molecule has 1 aromatic heterocycles. The van der Waals surface area contributed by atoms with E-state index in [1.165, 1.54) is 16.5 Å². The predicted molar refractivity (Wildman–Crippen MR) is 85.9 cm³/mol. The third-order valence-electron chi connectivity index (χ3n) is 4.44. The van der Waals surface area contributed by atoms with Crippen LogP contribution in [0.4, 0.5) is 0 Å². The van der Waals surface area contributed by atoms with Crippen LogP contribution in [0.5, 0.6) is 0 Å². The Hall–Kier alpha value is -2.55. The Kier molecular flexibility index (Phi) is 3.00. The summed E-state index contributed by atoms with van der Waals surface area (Å²) in [5, 5.41) is 5.33. The van der Waals surface area contributed by atoms with Crippen molar-refractivity contribution in [2.24, 2.45) is 0 Å². The summed E-state index contributed by atoms with van der Waals surface area (Å²) >= 11 is 0. The average molecular weight is 291 g/mol. The van der Waals surface area contributed by atoms with Gasteiger partial charge in [0.15, 0.2) is 0 Å². The largest absolute Gasteiger partial charge is 0.467 e. The smallest absolute Gasteiger partial charge is 0.252 e. The number of hydrogen-bond donors (Lipinski definition) is 1. The number of aryl methyl sites for hydroxylation is 2. The molecule has 3 heteroatoms. The number of furan rings is 1. The van der Waals surface area contributed by atoms with E-state index in [4.69, 9.17) is 4.42 Å². The lowest BCUT2D eigenvalue weighted by Crippen LogP contribution is -2.26. The zero-order chi connectivity index (χ0) is 15.1. The highest BCUT2D eigenvalue weighted by molar-refractivity contribution is 6.09. The fourth-order valence-electron chi connectivity index (χ4n) is 3.33. The van der Waals surface area contributed by atoms with E-state index in [-0.39, 0.29) is 11.9 Å². The van der Waals surface area contributed by atoms with Gasteiger partial charge in [-0.25, -0.2) is 0 Å². The van der Waals surface area contributed by atoms with Crippen molar-refractivity contribution in [3.8, 4) is 0 Å². The summed E-state index contributed by atoms with van der Waals surface area (Å²) in [7, 11) is 0. The van der Waals surface area contributed by atoms with Crippen LogP contribution in [0.3, 0.4) is 0 Å². The molecule has 4 rings (SSSR count). The molecule has 3 nitrogen and oxygen atoms in total. The molecular formula is C19H17NO2. The van der Waals surface area contributed by atoms with Crippen molar-refractivity contribution in [3.63, 3.8) is 0 Å². The van der Waals surface area contributed by atoms with Crippen LogP contribution >= 0.6 is 0 Å². The van der Waals surface area contributed by atoms with E-state index in [0.717, 1.165) is 29.6 Å². The van der Waals surface area contributed by atoms with Gasteiger partial charge in [0.1, 0.15) is 5.76 Å². The molecule has 0 saturated heterocycles. The number of amides is 1. The molecule has 1 aliphatic rings. The van der Waals surface area contributed by atoms with Crippen molar-refractivity contribution in [1.82, 2.24) is 5.32 Å². The molecule has 1 N–H and O–H groups in total. The monoisotopic (exact) mass is 291 g/mol. The van der Waals surface area contributed by atoms with Crippen molar-refractivity contribution in [2.75, 3.05) is 0 Å². The van der Waals surface area contributed by atoms with Gasteiger partial charge in [-0.1, -0.05) is 24.3 Å². The van der Waals surface area contributed by atoms with E-state index < -0.39 is 0 Å². The van der Waals surface area contributed by atoms with Gasteiger partial charge in [-0.3, -0.25) is 4.79 Å². The maximum absolute atomic E-state index is 12.7. The first-order valence-corrected chi connectivity index (χ1v) is 7.62. The molecule has 2 aromatic carbocycles. The highest BCUT2D eigenvalue weighted by atomic mass is 16.3. The first kappa shape index (κ1) is 13.1. The van der Waals surface area contributed by atoms with Crippen LogP contribution in [0.25, 0.3) is 10.8 Å². The summed E-state index contributed by atoms with van der Waals surface area (Å²) in [5.74, 6) is 0.707. The standard InChI is InChI=1S/C19H17NO2/c1-12(17-6-3-11-22-17)20-19(21)16-10-9-14-8-7-13-4-2-5-15(16)18(13)14/h2-6,9-12H,7-8H2,1H3,(H,20,21). The van der Waals surface area contributed by atoms with E-state index in [1.807, 2.05) is 37.3 Å². The molecule has 1 amide bonds. The molecule has 1 heterocycles. The number of carbonyl (C=O) groups is 1. The third kappa shape index (κ3) is 2.01. The SMILES string of the molecule is CC(NC(=O)c1ccc2c3c(cccc13)CC2)c1ccco1. The lowest BCUT2D eigenvalue weighted by molar-refractivity contribution is 0.0937. The van der Waals surface area contributed by atoms with Crippen molar-refractivity contribution in [2.45, 2.75) is 25.8 Å². The van der Waals surface area contributed by atoms with Crippen molar-refractivity contribution >= 4 is 16.7 Å². The first-order valence-electron chi connectivity index (χ1n) is 7.62. The van der Waals surface area contributed by atoms with Crippen LogP contribution in [-0.4, -0.2) is 5.91 Å². The van der Waals surface area contributed by atoms with Gasteiger partial charge >= 0.3 is 0 Å². The molecule has 0 radical (unpaired) electrons. The molecule has 0 bridgehead atoms. The molecular weight excluding hydrogens is 274 g/mol. The number of carbonyl (C=O) groups excluding carboxylic acids is 1. The van der Waals surface area contributed by atoms with Crippen molar-refractivity contribution in [3.05, 3.63) is 71.2 Å². The molecule has 0 aliphatic heterocycles. The lowest BCUT2D eigenvalue weighted by atomic mass is 9.99. The summed E-state index contributed by atoms with van der Waals surface area (Å²) in [5.41, 5.74) is 3.43. The minimum Gasteiger partial charge on any atom is -0.467 e. The molecule has 0 fully saturated rings. The van der Waals surface area contributed by atoms with Crippen LogP contribution in [0, 0.1) is 0 Å². The number of benzene rings is 2. The zero-order valence-corrected chi connectivity index (χ0v) is 12.4. The second-order valence-electron chi connectivity index (χ2n) is 5.82. The van der Waals surface area contributed by atoms with E-state index >= 15 is 0 Å². The quantitative estimate of drug-likeness (QED) is 0.792. The van der Waals surface area contributed by atoms with Crippen LogP contribution in [0.1, 0.15) is 40.2 Å². The van der Waals surface area contributed by atoms with E-state index in [1.54, 1.807) is 6.26 Å². The Morgan fingerprint density at radius 3 is 2.68 bits per heavy atom. The number of rotatable bonds is 3. The van der Waals surface area contributed by atoms with Gasteiger partial charge in [0.2, 0.25) is 0 Å². The predicted octanol–water partition coefficient (Wildman–Crippen LogP) is 4.02. The van der Waals surface area contributed by atoms with Crippen molar-refractivity contribution in [1.29, 1.82) is 0 Å². The van der Waals surface area contributed by atoms with E-state index in [2.05, 4.69) is 17.4 Å². The van der Waals surface area contributed by atoms with Gasteiger partial charge in [0.05, 0.1) is 12.3 Å². The van der Waals surface area contributed by atoms with E-state index in [9.17, 15) is 4.79 Å². The Bertz CT molecular complexity index is 839. The average Bonchev–Trinajstić information content (AvgIpc) is 3.18. The normalized spacial score (nSPS) is 14.2. The maximum Gasteiger partial charge on any atom is 0.252 e. The Labute approximate surface area is 128 Å². The number of nitrogens with one attached hydrogen (secondary N) is 1. The zero-order valence-electron chi connectivity index (χ0n) is 12.4. The third-order valence-corrected chi connectivity index (χ3v) is 4.44. The second kappa shape index (κ2) is 5.02. The topological polar surface area (TPSA) is 42.2 Å². The highest BCUT2D eigenvalue weighted by Gasteiger charge is 2.20. The van der Waals surface area contributed by atoms with E-state index in [0.29, 0.717) is 0 Å². The van der Waals surface area contributed by atoms with Gasteiger partial charge < -0.3 is 9.73 Å². The molecule has 3 aromatic rings. The lowest BCUT2D eigenvalue weighted by Gasteiger charge is -2.13. The minimum atomic E-state index is -0.148. The fraction of sp³-hybridized carbons (Fsp3) is 0.211. The summed E-state index contributed by atoms with van der Waals surface area (Å²) in [6.45, 7) is 1.93. The summed E-state index contributed by atoms with van der Waals surface area (Å²) < 4.78 is 5.35. The molecule has 110 valence electrons. The maximum atomic E-state index is 12.7. The van der Waals surface area contributed by atoms with Gasteiger partial charge in [0, 0.05) is 5.56 Å². The second-order valence-corrected chi connectivity index (χ2v) is 5.82. The molecule has 0 spiro atoms. The van der Waals surface area contributed by atoms with Crippen LogP contribution < -0.4 is 5.32 Å². The Morgan fingerprint density at radius 1 is 1.09 bits per heavy atom. The molecule has 0 saturated carbocycles. The van der Waals surface area contributed by atoms with Crippen LogP contribution in [0.15, 0.2) is 53.1 Å². The fourth-order valence-corrected chi connectivity index (χ4v) is 3.33. The molecule has 22 heavy (non-hydrogen) atoms. The van der Waals surface area contributed by atoms with Crippen LogP contribution in [0.2, 0.25) is 0 Å². The Balaban J connectivity index is 1.71. The molecule has 1 unspecified atom stereocenters. The minimum absolute atomic E-state index is 0.0560. The summed E-state index contributed by atoms with van der Waals surface area (Å²) in [6, 6.07) is 13.8. The van der Waals surface area contributed by atoms with Gasteiger partial charge in [0.25, 0.3) is 5.91 Å². The van der Waals surface area contributed by atoms with Gasteiger partial charge in [-0.05, 0) is 59.9 Å². The summed E-state index contributed by atoms with van der Waals surface area (Å²) in [6.07, 6.45) is 3.76.